The van der Waals surface area contributed by atoms with E-state index in [2.05, 4.69) is 388 Å². The van der Waals surface area contributed by atoms with Gasteiger partial charge in [-0.15, -0.1) is 45.3 Å². The Bertz CT molecular complexity index is 9500. The van der Waals surface area contributed by atoms with E-state index in [0.29, 0.717) is 0 Å². The molecule has 140 heavy (non-hydrogen) atoms. The van der Waals surface area contributed by atoms with Crippen molar-refractivity contribution in [3.63, 3.8) is 0 Å². The third-order valence-electron chi connectivity index (χ3n) is 26.0. The number of para-hydroxylation sites is 3. The second-order valence-corrected chi connectivity index (χ2v) is 38.8. The summed E-state index contributed by atoms with van der Waals surface area (Å²) < 4.78 is 10.4. The molecule has 0 atom stereocenters. The zero-order valence-electron chi connectivity index (χ0n) is 75.4. The number of benzene rings is 19. The van der Waals surface area contributed by atoms with Crippen LogP contribution in [0.1, 0.15) is 0 Å². The van der Waals surface area contributed by atoms with Crippen LogP contribution < -0.4 is 0 Å². The van der Waals surface area contributed by atoms with E-state index in [1.165, 1.54) is 114 Å². The first kappa shape index (κ1) is 84.4. The van der Waals surface area contributed by atoms with Crippen molar-refractivity contribution >= 4 is 170 Å². The van der Waals surface area contributed by atoms with Gasteiger partial charge in [0.1, 0.15) is 0 Å². The highest BCUT2D eigenvalue weighted by molar-refractivity contribution is 7.27. The maximum absolute atomic E-state index is 5.31. The fourth-order valence-electron chi connectivity index (χ4n) is 19.4. The van der Waals surface area contributed by atoms with Gasteiger partial charge in [-0.1, -0.05) is 388 Å². The number of nitrogens with zero attached hydrogens (tertiary/aromatic N) is 8. The Kier molecular flexibility index (Phi) is 22.3. The van der Waals surface area contributed by atoms with Gasteiger partial charge >= 0.3 is 0 Å². The standard InChI is InChI=1S/4C32H20N2S/c1-3-11-21(12-4-1)30-31(22-13-5-2-6-14-22)34-32-24(17-9-18-26(32)33-30)23-16-10-20-28-29(23)25-15-7-8-19-27(25)35-28;1-3-10-21(11-4-1)31-32(22-12-5-2-6-13-22)34-27-20-23(18-19-26(27)33-31)24-15-9-17-29-30(24)25-14-7-8-16-28(25)35-29;1-2-9-22(10-3-1)30-31(34-28-15-6-5-14-27(28)33-30)23-19-17-21(18-20-23)24-12-8-13-26-25-11-4-7-16-29(25)35-32(24)26;1-2-8-21(9-3-1)22-15-17-23(18-16-22)32-25-12-7-19-33-27(25)20-28(34-32)24-11-6-14-30-31(24)26-10-4-5-13-29(26)35-30/h4*1-20H. The topological polar surface area (TPSA) is 103 Å². The van der Waals surface area contributed by atoms with E-state index in [1.54, 1.807) is 0 Å². The summed E-state index contributed by atoms with van der Waals surface area (Å²) in [6, 6.07) is 167. The number of hydrogen-bond acceptors (Lipinski definition) is 12. The Morgan fingerprint density at radius 1 is 0.150 bits per heavy atom. The molecule has 12 heteroatoms. The average molecular weight is 1860 g/mol. The first-order valence-corrected chi connectivity index (χ1v) is 50.0. The molecule has 8 nitrogen and oxygen atoms in total. The van der Waals surface area contributed by atoms with Gasteiger partial charge in [-0.05, 0) is 130 Å². The van der Waals surface area contributed by atoms with Crippen LogP contribution in [0, 0.1) is 0 Å². The minimum atomic E-state index is 0.898. The molecule has 19 aromatic carbocycles. The highest BCUT2D eigenvalue weighted by Gasteiger charge is 2.24. The summed E-state index contributed by atoms with van der Waals surface area (Å²) in [4.78, 5) is 40.8. The number of rotatable bonds is 12. The van der Waals surface area contributed by atoms with E-state index in [-0.39, 0.29) is 0 Å². The van der Waals surface area contributed by atoms with Crippen LogP contribution in [0.4, 0.5) is 0 Å². The molecule has 9 aromatic heterocycles. The number of aromatic nitrogens is 8. The predicted octanol–water partition coefficient (Wildman–Crippen LogP) is 36.0. The number of hydrogen-bond donors (Lipinski definition) is 0. The smallest absolute Gasteiger partial charge is 0.0973 e. The van der Waals surface area contributed by atoms with E-state index in [1.807, 2.05) is 143 Å². The van der Waals surface area contributed by atoms with Crippen LogP contribution >= 0.6 is 45.3 Å². The number of fused-ring (bicyclic) bond motifs is 16. The summed E-state index contributed by atoms with van der Waals surface area (Å²) >= 11 is 7.38. The van der Waals surface area contributed by atoms with Crippen molar-refractivity contribution < 1.29 is 0 Å². The Hall–Kier alpha value is -17.4. The molecule has 0 unspecified atom stereocenters. The summed E-state index contributed by atoms with van der Waals surface area (Å²) in [7, 11) is 0. The maximum Gasteiger partial charge on any atom is 0.0973 e. The fourth-order valence-corrected chi connectivity index (χ4v) is 24.0. The van der Waals surface area contributed by atoms with Crippen LogP contribution in [-0.4, -0.2) is 39.9 Å². The zero-order valence-corrected chi connectivity index (χ0v) is 78.7. The largest absolute Gasteiger partial charge is 0.256 e. The lowest BCUT2D eigenvalue weighted by molar-refractivity contribution is 1.29. The summed E-state index contributed by atoms with van der Waals surface area (Å²) in [5, 5.41) is 11.4. The molecule has 0 N–H and O–H groups in total. The predicted molar refractivity (Wildman–Crippen MR) is 595 cm³/mol. The quantitative estimate of drug-likeness (QED) is 0.119. The van der Waals surface area contributed by atoms with Gasteiger partial charge in [0, 0.05) is 142 Å². The van der Waals surface area contributed by atoms with E-state index >= 15 is 0 Å². The van der Waals surface area contributed by atoms with Crippen LogP contribution in [-0.2, 0) is 0 Å². The lowest BCUT2D eigenvalue weighted by Crippen LogP contribution is -1.97. The van der Waals surface area contributed by atoms with Crippen LogP contribution in [0.25, 0.3) is 259 Å². The zero-order chi connectivity index (χ0) is 92.8. The molecule has 0 aliphatic heterocycles. The van der Waals surface area contributed by atoms with Crippen molar-refractivity contribution in [3.05, 3.63) is 485 Å². The molecule has 0 amide bonds. The molecular formula is C128H80N8S4. The van der Waals surface area contributed by atoms with E-state index in [0.717, 1.165) is 145 Å². The minimum absolute atomic E-state index is 0.898. The second kappa shape index (κ2) is 37.0. The Morgan fingerprint density at radius 2 is 0.471 bits per heavy atom. The molecule has 28 rings (SSSR count). The van der Waals surface area contributed by atoms with E-state index < -0.39 is 0 Å². The lowest BCUT2D eigenvalue weighted by atomic mass is 9.97. The average Bonchev–Trinajstić information content (AvgIpc) is 1.50. The van der Waals surface area contributed by atoms with Crippen molar-refractivity contribution in [1.82, 2.24) is 39.9 Å². The molecule has 9 heterocycles. The summed E-state index contributed by atoms with van der Waals surface area (Å²) in [6.07, 6.45) is 1.86. The number of pyridine rings is 2. The van der Waals surface area contributed by atoms with Gasteiger partial charge in [0.25, 0.3) is 0 Å². The van der Waals surface area contributed by atoms with Gasteiger partial charge in [0.15, 0.2) is 0 Å². The first-order chi connectivity index (χ1) is 69.4. The third kappa shape index (κ3) is 16.1. The highest BCUT2D eigenvalue weighted by atomic mass is 32.1. The van der Waals surface area contributed by atoms with Gasteiger partial charge in [-0.25, -0.2) is 34.9 Å². The minimum Gasteiger partial charge on any atom is -0.256 e. The molecule has 0 saturated carbocycles. The molecule has 0 spiro atoms. The van der Waals surface area contributed by atoms with Crippen molar-refractivity contribution in [2.75, 3.05) is 0 Å². The molecule has 0 radical (unpaired) electrons. The molecule has 0 bridgehead atoms. The monoisotopic (exact) mass is 1860 g/mol. The molecule has 0 fully saturated rings. The Balaban J connectivity index is 0.0000000985. The normalized spacial score (nSPS) is 11.4. The molecular weight excluding hydrogens is 1780 g/mol. The third-order valence-corrected chi connectivity index (χ3v) is 30.6. The highest BCUT2D eigenvalue weighted by Crippen LogP contribution is 2.48. The second-order valence-electron chi connectivity index (χ2n) is 34.5. The molecule has 656 valence electrons. The van der Waals surface area contributed by atoms with Gasteiger partial charge in [-0.3, -0.25) is 4.98 Å². The molecule has 0 aliphatic carbocycles. The van der Waals surface area contributed by atoms with Gasteiger partial charge in [0.2, 0.25) is 0 Å². The summed E-state index contributed by atoms with van der Waals surface area (Å²) in [5.74, 6) is 0. The van der Waals surface area contributed by atoms with Crippen molar-refractivity contribution in [1.29, 1.82) is 0 Å². The Labute approximate surface area is 823 Å². The van der Waals surface area contributed by atoms with E-state index in [4.69, 9.17) is 39.9 Å². The van der Waals surface area contributed by atoms with Crippen LogP contribution in [0.15, 0.2) is 485 Å². The first-order valence-electron chi connectivity index (χ1n) is 46.7. The maximum atomic E-state index is 5.31. The van der Waals surface area contributed by atoms with Crippen LogP contribution in [0.3, 0.4) is 0 Å². The molecule has 0 saturated heterocycles. The van der Waals surface area contributed by atoms with Crippen molar-refractivity contribution in [3.8, 4) is 135 Å². The van der Waals surface area contributed by atoms with Crippen LogP contribution in [0.2, 0.25) is 0 Å². The van der Waals surface area contributed by atoms with Crippen molar-refractivity contribution in [2.45, 2.75) is 0 Å². The molecule has 28 aromatic rings. The van der Waals surface area contributed by atoms with Crippen LogP contribution in [0.5, 0.6) is 0 Å². The Morgan fingerprint density at radius 3 is 0.993 bits per heavy atom. The lowest BCUT2D eigenvalue weighted by Gasteiger charge is -2.13. The van der Waals surface area contributed by atoms with Gasteiger partial charge < -0.3 is 0 Å². The van der Waals surface area contributed by atoms with Crippen molar-refractivity contribution in [2.24, 2.45) is 0 Å². The van der Waals surface area contributed by atoms with E-state index in [9.17, 15) is 0 Å². The summed E-state index contributed by atoms with van der Waals surface area (Å²) in [6.45, 7) is 0. The summed E-state index contributed by atoms with van der Waals surface area (Å²) in [5.41, 5.74) is 32.0. The molecule has 0 aliphatic rings. The number of thiophene rings is 4. The fraction of sp³-hybridized carbons (Fsp3) is 0. The van der Waals surface area contributed by atoms with Gasteiger partial charge in [-0.2, -0.15) is 0 Å². The van der Waals surface area contributed by atoms with Gasteiger partial charge in [0.05, 0.1) is 84.2 Å². The SMILES string of the molecule is c1ccc(-c2ccc(-c3nc(-c4cccc5sc6ccccc6c45)cc4ncccc34)cc2)cc1.c1ccc(-c2nc3ccc(-c4cccc5sc6ccccc6c45)cc3nc2-c2ccccc2)cc1.c1ccc(-c2nc3cccc(-c4cccc5sc6ccccc6c45)c3nc2-c2ccccc2)cc1.c1ccc(-c2nc3ccccc3nc2-c2ccc(-c3cccc4c3sc3ccccc34)cc2)cc1.